The fraction of sp³-hybridized carbons (Fsp3) is 0.417. The summed E-state index contributed by atoms with van der Waals surface area (Å²) in [5, 5.41) is 6.64. The fourth-order valence-electron chi connectivity index (χ4n) is 3.24. The normalized spacial score (nSPS) is 12.5. The van der Waals surface area contributed by atoms with Gasteiger partial charge in [-0.2, -0.15) is 0 Å². The second kappa shape index (κ2) is 12.6. The summed E-state index contributed by atoms with van der Waals surface area (Å²) < 4.78 is 0. The van der Waals surface area contributed by atoms with Crippen molar-refractivity contribution in [1.82, 2.24) is 20.4 Å². The lowest BCUT2D eigenvalue weighted by Gasteiger charge is -2.31. The van der Waals surface area contributed by atoms with E-state index >= 15 is 0 Å². The third kappa shape index (κ3) is 7.52. The van der Waals surface area contributed by atoms with Crippen molar-refractivity contribution in [2.45, 2.75) is 26.4 Å². The molecule has 2 aromatic carbocycles. The Hall–Kier alpha value is -2.86. The minimum absolute atomic E-state index is 0.00700. The molecule has 2 aromatic rings. The Morgan fingerprint density at radius 2 is 1.53 bits per heavy atom. The molecule has 0 aliphatic rings. The minimum atomic E-state index is 0.00700. The summed E-state index contributed by atoms with van der Waals surface area (Å²) in [4.78, 5) is 20.8. The van der Waals surface area contributed by atoms with E-state index in [2.05, 4.69) is 65.8 Å². The molecule has 2 rings (SSSR count). The lowest BCUT2D eigenvalue weighted by atomic mass is 10.1. The molecular weight excluding hydrogens is 374 g/mol. The number of rotatable bonds is 10. The highest BCUT2D eigenvalue weighted by atomic mass is 16.2. The molecule has 0 aliphatic heterocycles. The van der Waals surface area contributed by atoms with Crippen LogP contribution in [0.3, 0.4) is 0 Å². The van der Waals surface area contributed by atoms with Crippen LogP contribution < -0.4 is 10.6 Å². The van der Waals surface area contributed by atoms with Crippen LogP contribution in [0.5, 0.6) is 0 Å². The van der Waals surface area contributed by atoms with Gasteiger partial charge in [-0.05, 0) is 24.2 Å². The van der Waals surface area contributed by atoms with Crippen LogP contribution in [0.15, 0.2) is 65.7 Å². The van der Waals surface area contributed by atoms with Crippen LogP contribution in [0.2, 0.25) is 0 Å². The number of carbonyl (C=O) groups excluding carboxylic acids is 1. The molecule has 0 spiro atoms. The molecule has 6 heteroatoms. The van der Waals surface area contributed by atoms with E-state index in [4.69, 9.17) is 4.99 Å². The van der Waals surface area contributed by atoms with E-state index < -0.39 is 0 Å². The number of aliphatic imine (C=N–C) groups is 1. The number of nitrogens with one attached hydrogen (secondary N) is 2. The molecule has 1 unspecified atom stereocenters. The first-order valence-corrected chi connectivity index (χ1v) is 10.6. The maximum Gasteiger partial charge on any atom is 0.241 e. The predicted octanol–water partition coefficient (Wildman–Crippen LogP) is 2.89. The summed E-state index contributed by atoms with van der Waals surface area (Å²) in [5.74, 6) is 0.648. The summed E-state index contributed by atoms with van der Waals surface area (Å²) >= 11 is 0. The molecule has 2 N–H and O–H groups in total. The Morgan fingerprint density at radius 1 is 0.933 bits per heavy atom. The SMILES string of the molecule is CCN(CC)C(CNC(=NCc1ccccc1)NCC(=O)N(C)C)c1ccccc1. The van der Waals surface area contributed by atoms with Gasteiger partial charge in [0.2, 0.25) is 5.91 Å². The van der Waals surface area contributed by atoms with Gasteiger partial charge < -0.3 is 15.5 Å². The first kappa shape index (κ1) is 23.4. The van der Waals surface area contributed by atoms with Crippen LogP contribution in [0.1, 0.15) is 31.0 Å². The van der Waals surface area contributed by atoms with Crippen LogP contribution in [-0.4, -0.2) is 61.9 Å². The Morgan fingerprint density at radius 3 is 2.10 bits per heavy atom. The molecule has 0 heterocycles. The van der Waals surface area contributed by atoms with Crippen molar-refractivity contribution in [3.05, 3.63) is 71.8 Å². The van der Waals surface area contributed by atoms with Crippen molar-refractivity contribution >= 4 is 11.9 Å². The Kier molecular flexibility index (Phi) is 9.87. The third-order valence-electron chi connectivity index (χ3n) is 5.07. The molecule has 6 nitrogen and oxygen atoms in total. The molecule has 0 saturated carbocycles. The summed E-state index contributed by atoms with van der Waals surface area (Å²) in [6, 6.07) is 20.8. The van der Waals surface area contributed by atoms with Crippen molar-refractivity contribution < 1.29 is 4.79 Å². The van der Waals surface area contributed by atoms with Crippen molar-refractivity contribution in [1.29, 1.82) is 0 Å². The van der Waals surface area contributed by atoms with Gasteiger partial charge in [-0.1, -0.05) is 74.5 Å². The van der Waals surface area contributed by atoms with E-state index in [0.29, 0.717) is 19.0 Å². The highest BCUT2D eigenvalue weighted by molar-refractivity contribution is 5.86. The largest absolute Gasteiger partial charge is 0.354 e. The van der Waals surface area contributed by atoms with Crippen molar-refractivity contribution in [2.75, 3.05) is 40.3 Å². The van der Waals surface area contributed by atoms with Gasteiger partial charge in [0, 0.05) is 20.6 Å². The first-order chi connectivity index (χ1) is 14.5. The van der Waals surface area contributed by atoms with Gasteiger partial charge >= 0.3 is 0 Å². The number of hydrogen-bond donors (Lipinski definition) is 2. The smallest absolute Gasteiger partial charge is 0.241 e. The fourth-order valence-corrected chi connectivity index (χ4v) is 3.24. The lowest BCUT2D eigenvalue weighted by Crippen LogP contribution is -2.46. The van der Waals surface area contributed by atoms with Gasteiger partial charge in [0.25, 0.3) is 0 Å². The van der Waals surface area contributed by atoms with Crippen LogP contribution in [0.25, 0.3) is 0 Å². The van der Waals surface area contributed by atoms with Gasteiger partial charge in [-0.15, -0.1) is 0 Å². The van der Waals surface area contributed by atoms with Crippen molar-refractivity contribution in [3.63, 3.8) is 0 Å². The van der Waals surface area contributed by atoms with Crippen molar-refractivity contribution in [2.24, 2.45) is 4.99 Å². The molecule has 0 fully saturated rings. The van der Waals surface area contributed by atoms with Crippen LogP contribution >= 0.6 is 0 Å². The van der Waals surface area contributed by atoms with Gasteiger partial charge in [0.05, 0.1) is 19.1 Å². The highest BCUT2D eigenvalue weighted by Crippen LogP contribution is 2.19. The van der Waals surface area contributed by atoms with Crippen molar-refractivity contribution in [3.8, 4) is 0 Å². The van der Waals surface area contributed by atoms with Crippen LogP contribution in [0, 0.1) is 0 Å². The number of amides is 1. The molecule has 1 amide bonds. The maximum atomic E-state index is 12.1. The summed E-state index contributed by atoms with van der Waals surface area (Å²) in [6.45, 7) is 7.72. The highest BCUT2D eigenvalue weighted by Gasteiger charge is 2.18. The second-order valence-corrected chi connectivity index (χ2v) is 7.32. The molecular formula is C24H35N5O. The Balaban J connectivity index is 2.14. The first-order valence-electron chi connectivity index (χ1n) is 10.6. The summed E-state index contributed by atoms with van der Waals surface area (Å²) in [6.07, 6.45) is 0. The molecule has 0 bridgehead atoms. The molecule has 0 aliphatic carbocycles. The number of benzene rings is 2. The number of guanidine groups is 1. The van der Waals surface area contributed by atoms with E-state index in [1.807, 2.05) is 24.3 Å². The van der Waals surface area contributed by atoms with E-state index in [1.54, 1.807) is 19.0 Å². The monoisotopic (exact) mass is 409 g/mol. The standard InChI is InChI=1S/C24H35N5O/c1-5-29(6-2)22(21-15-11-8-12-16-21)18-26-24(27-19-23(30)28(3)4)25-17-20-13-9-7-10-14-20/h7-16,22H,5-6,17-19H2,1-4H3,(H2,25,26,27). The predicted molar refractivity (Wildman–Crippen MR) is 124 cm³/mol. The Bertz CT molecular complexity index is 773. The molecule has 162 valence electrons. The lowest BCUT2D eigenvalue weighted by molar-refractivity contribution is -0.127. The van der Waals surface area contributed by atoms with Gasteiger partial charge in [0.15, 0.2) is 5.96 Å². The van der Waals surface area contributed by atoms with Gasteiger partial charge in [0.1, 0.15) is 0 Å². The average molecular weight is 410 g/mol. The van der Waals surface area contributed by atoms with E-state index in [9.17, 15) is 4.79 Å². The number of nitrogens with zero attached hydrogens (tertiary/aromatic N) is 3. The van der Waals surface area contributed by atoms with E-state index in [-0.39, 0.29) is 18.5 Å². The zero-order valence-electron chi connectivity index (χ0n) is 18.6. The Labute approximate surface area is 181 Å². The summed E-state index contributed by atoms with van der Waals surface area (Å²) in [7, 11) is 3.51. The topological polar surface area (TPSA) is 60.0 Å². The molecule has 0 radical (unpaired) electrons. The number of hydrogen-bond acceptors (Lipinski definition) is 3. The van der Waals surface area contributed by atoms with E-state index in [1.165, 1.54) is 5.56 Å². The summed E-state index contributed by atoms with van der Waals surface area (Å²) in [5.41, 5.74) is 2.39. The molecule has 0 aromatic heterocycles. The molecule has 0 saturated heterocycles. The third-order valence-corrected chi connectivity index (χ3v) is 5.07. The minimum Gasteiger partial charge on any atom is -0.354 e. The van der Waals surface area contributed by atoms with Crippen LogP contribution in [-0.2, 0) is 11.3 Å². The average Bonchev–Trinajstić information content (AvgIpc) is 2.78. The van der Waals surface area contributed by atoms with Gasteiger partial charge in [-0.25, -0.2) is 4.99 Å². The van der Waals surface area contributed by atoms with Crippen LogP contribution in [0.4, 0.5) is 0 Å². The maximum absolute atomic E-state index is 12.1. The molecule has 1 atom stereocenters. The molecule has 30 heavy (non-hydrogen) atoms. The van der Waals surface area contributed by atoms with E-state index in [0.717, 1.165) is 18.7 Å². The quantitative estimate of drug-likeness (QED) is 0.468. The zero-order valence-corrected chi connectivity index (χ0v) is 18.6. The number of carbonyl (C=O) groups is 1. The van der Waals surface area contributed by atoms with Gasteiger partial charge in [-0.3, -0.25) is 9.69 Å². The zero-order chi connectivity index (χ0) is 21.8. The second-order valence-electron chi connectivity index (χ2n) is 7.32. The number of likely N-dealkylation sites (N-methyl/N-ethyl adjacent to an activating group) is 2.